The lowest BCUT2D eigenvalue weighted by Crippen LogP contribution is -2.39. The summed E-state index contributed by atoms with van der Waals surface area (Å²) in [5.41, 5.74) is 0.882. The van der Waals surface area contributed by atoms with Gasteiger partial charge in [0.25, 0.3) is 0 Å². The fourth-order valence-corrected chi connectivity index (χ4v) is 2.77. The first-order valence-electron chi connectivity index (χ1n) is 7.45. The first kappa shape index (κ1) is 15.6. The molecule has 0 saturated carbocycles. The van der Waals surface area contributed by atoms with Crippen molar-refractivity contribution in [2.75, 3.05) is 32.1 Å². The monoisotopic (exact) mass is 293 g/mol. The number of anilines is 1. The molecule has 6 nitrogen and oxygen atoms in total. The predicted octanol–water partition coefficient (Wildman–Crippen LogP) is 2.89. The Morgan fingerprint density at radius 2 is 2.14 bits per heavy atom. The van der Waals surface area contributed by atoms with E-state index >= 15 is 0 Å². The van der Waals surface area contributed by atoms with Crippen molar-refractivity contribution in [2.45, 2.75) is 32.2 Å². The molecule has 6 heteroatoms. The number of nitrogens with one attached hydrogen (secondary N) is 1. The maximum Gasteiger partial charge on any atom is 0.311 e. The first-order chi connectivity index (χ1) is 10.1. The van der Waals surface area contributed by atoms with E-state index in [0.717, 1.165) is 38.2 Å². The van der Waals surface area contributed by atoms with Gasteiger partial charge in [-0.3, -0.25) is 10.1 Å². The van der Waals surface area contributed by atoms with Crippen LogP contribution in [0, 0.1) is 10.1 Å². The van der Waals surface area contributed by atoms with E-state index in [4.69, 9.17) is 4.74 Å². The van der Waals surface area contributed by atoms with Gasteiger partial charge in [-0.2, -0.15) is 0 Å². The molecule has 0 bridgehead atoms. The lowest BCUT2D eigenvalue weighted by atomic mass is 10.0. The Kier molecular flexibility index (Phi) is 5.38. The third-order valence-electron chi connectivity index (χ3n) is 3.87. The summed E-state index contributed by atoms with van der Waals surface area (Å²) < 4.78 is 5.10. The quantitative estimate of drug-likeness (QED) is 0.645. The lowest BCUT2D eigenvalue weighted by Gasteiger charge is -2.32. The zero-order chi connectivity index (χ0) is 15.2. The van der Waals surface area contributed by atoms with Gasteiger partial charge in [-0.15, -0.1) is 0 Å². The van der Waals surface area contributed by atoms with E-state index in [1.807, 2.05) is 0 Å². The molecule has 0 aliphatic carbocycles. The van der Waals surface area contributed by atoms with Crippen LogP contribution in [0.5, 0.6) is 5.75 Å². The highest BCUT2D eigenvalue weighted by atomic mass is 16.6. The molecular weight excluding hydrogens is 270 g/mol. The van der Waals surface area contributed by atoms with Crippen LogP contribution in [0.2, 0.25) is 0 Å². The minimum atomic E-state index is -0.425. The van der Waals surface area contributed by atoms with Gasteiger partial charge in [-0.05, 0) is 31.9 Å². The molecule has 0 unspecified atom stereocenters. The fourth-order valence-electron chi connectivity index (χ4n) is 2.77. The Hall–Kier alpha value is -1.82. The number of methoxy groups -OCH3 is 1. The summed E-state index contributed by atoms with van der Waals surface area (Å²) in [5.74, 6) is 0.299. The molecule has 1 heterocycles. The minimum absolute atomic E-state index is 0.000755. The van der Waals surface area contributed by atoms with Crippen LogP contribution >= 0.6 is 0 Å². The lowest BCUT2D eigenvalue weighted by molar-refractivity contribution is -0.385. The van der Waals surface area contributed by atoms with Crippen LogP contribution in [0.3, 0.4) is 0 Å². The second kappa shape index (κ2) is 7.26. The summed E-state index contributed by atoms with van der Waals surface area (Å²) >= 11 is 0. The zero-order valence-electron chi connectivity index (χ0n) is 12.7. The van der Waals surface area contributed by atoms with Gasteiger partial charge < -0.3 is 15.0 Å². The van der Waals surface area contributed by atoms with Crippen LogP contribution in [0.25, 0.3) is 0 Å². The summed E-state index contributed by atoms with van der Waals surface area (Å²) in [4.78, 5) is 12.9. The van der Waals surface area contributed by atoms with E-state index in [2.05, 4.69) is 17.1 Å². The molecule has 1 saturated heterocycles. The van der Waals surface area contributed by atoms with Crippen molar-refractivity contribution in [3.8, 4) is 5.75 Å². The van der Waals surface area contributed by atoms with Gasteiger partial charge in [0.05, 0.1) is 12.0 Å². The van der Waals surface area contributed by atoms with Crippen molar-refractivity contribution in [3.63, 3.8) is 0 Å². The number of nitro groups is 1. The van der Waals surface area contributed by atoms with Crippen LogP contribution in [0.15, 0.2) is 18.2 Å². The molecule has 116 valence electrons. The summed E-state index contributed by atoms with van der Waals surface area (Å²) in [5, 5.41) is 14.3. The normalized spacial score (nSPS) is 16.7. The number of piperidine rings is 1. The van der Waals surface area contributed by atoms with E-state index in [-0.39, 0.29) is 5.69 Å². The molecule has 1 aromatic rings. The molecule has 0 aromatic heterocycles. The van der Waals surface area contributed by atoms with Crippen molar-refractivity contribution in [1.82, 2.24) is 4.90 Å². The average Bonchev–Trinajstić information content (AvgIpc) is 2.49. The van der Waals surface area contributed by atoms with Crippen molar-refractivity contribution in [1.29, 1.82) is 0 Å². The standard InChI is InChI=1S/C15H23N3O3/c1-3-8-17-9-6-12(7-10-17)16-13-4-5-14(18(19)20)15(11-13)21-2/h4-5,11-12,16H,3,6-10H2,1-2H3. The zero-order valence-corrected chi connectivity index (χ0v) is 12.7. The van der Waals surface area contributed by atoms with Gasteiger partial charge in [0.15, 0.2) is 5.75 Å². The van der Waals surface area contributed by atoms with E-state index in [0.29, 0.717) is 11.8 Å². The van der Waals surface area contributed by atoms with Gasteiger partial charge in [-0.1, -0.05) is 6.92 Å². The molecule has 21 heavy (non-hydrogen) atoms. The van der Waals surface area contributed by atoms with Crippen LogP contribution in [-0.2, 0) is 0 Å². The fraction of sp³-hybridized carbons (Fsp3) is 0.600. The molecule has 2 rings (SSSR count). The van der Waals surface area contributed by atoms with Gasteiger partial charge in [-0.25, -0.2) is 0 Å². The molecule has 1 N–H and O–H groups in total. The molecule has 1 fully saturated rings. The van der Waals surface area contributed by atoms with Gasteiger partial charge in [0, 0.05) is 37.0 Å². The van der Waals surface area contributed by atoms with E-state index < -0.39 is 4.92 Å². The highest BCUT2D eigenvalue weighted by molar-refractivity contribution is 5.58. The first-order valence-corrected chi connectivity index (χ1v) is 7.45. The maximum atomic E-state index is 10.9. The molecule has 0 radical (unpaired) electrons. The number of benzene rings is 1. The highest BCUT2D eigenvalue weighted by Crippen LogP contribution is 2.30. The van der Waals surface area contributed by atoms with E-state index in [1.165, 1.54) is 19.6 Å². The summed E-state index contributed by atoms with van der Waals surface area (Å²) in [6.45, 7) is 5.58. The Balaban J connectivity index is 1.96. The smallest absolute Gasteiger partial charge is 0.311 e. The third kappa shape index (κ3) is 4.07. The van der Waals surface area contributed by atoms with E-state index in [1.54, 1.807) is 12.1 Å². The Morgan fingerprint density at radius 3 is 2.71 bits per heavy atom. The molecular formula is C15H23N3O3. The largest absolute Gasteiger partial charge is 0.490 e. The summed E-state index contributed by atoms with van der Waals surface area (Å²) in [6.07, 6.45) is 3.39. The second-order valence-corrected chi connectivity index (χ2v) is 5.40. The average molecular weight is 293 g/mol. The molecule has 1 aliphatic heterocycles. The van der Waals surface area contributed by atoms with Gasteiger partial charge >= 0.3 is 5.69 Å². The number of nitro benzene ring substituents is 1. The van der Waals surface area contributed by atoms with Crippen LogP contribution in [0.1, 0.15) is 26.2 Å². The number of hydrogen-bond donors (Lipinski definition) is 1. The topological polar surface area (TPSA) is 67.6 Å². The van der Waals surface area contributed by atoms with Gasteiger partial charge in [0.2, 0.25) is 0 Å². The number of hydrogen-bond acceptors (Lipinski definition) is 5. The SMILES string of the molecule is CCCN1CCC(Nc2ccc([N+](=O)[O-])c(OC)c2)CC1. The molecule has 1 aliphatic rings. The van der Waals surface area contributed by atoms with Gasteiger partial charge in [0.1, 0.15) is 0 Å². The van der Waals surface area contributed by atoms with Crippen molar-refractivity contribution in [2.24, 2.45) is 0 Å². The molecule has 0 atom stereocenters. The summed E-state index contributed by atoms with van der Waals surface area (Å²) in [7, 11) is 1.45. The Bertz CT molecular complexity index is 485. The molecule has 1 aromatic carbocycles. The van der Waals surface area contributed by atoms with Crippen LogP contribution < -0.4 is 10.1 Å². The highest BCUT2D eigenvalue weighted by Gasteiger charge is 2.20. The third-order valence-corrected chi connectivity index (χ3v) is 3.87. The maximum absolute atomic E-state index is 10.9. The van der Waals surface area contributed by atoms with Crippen molar-refractivity contribution < 1.29 is 9.66 Å². The Labute approximate surface area is 125 Å². The predicted molar refractivity (Wildman–Crippen MR) is 83.0 cm³/mol. The molecule has 0 amide bonds. The van der Waals surface area contributed by atoms with Crippen LogP contribution in [-0.4, -0.2) is 42.6 Å². The Morgan fingerprint density at radius 1 is 1.43 bits per heavy atom. The summed E-state index contributed by atoms with van der Waals surface area (Å²) in [6, 6.07) is 5.37. The van der Waals surface area contributed by atoms with Crippen molar-refractivity contribution in [3.05, 3.63) is 28.3 Å². The van der Waals surface area contributed by atoms with Crippen LogP contribution in [0.4, 0.5) is 11.4 Å². The molecule has 0 spiro atoms. The number of likely N-dealkylation sites (tertiary alicyclic amines) is 1. The number of rotatable bonds is 6. The minimum Gasteiger partial charge on any atom is -0.490 e. The number of ether oxygens (including phenoxy) is 1. The van der Waals surface area contributed by atoms with Crippen molar-refractivity contribution >= 4 is 11.4 Å². The number of nitrogens with zero attached hydrogens (tertiary/aromatic N) is 2. The van der Waals surface area contributed by atoms with E-state index in [9.17, 15) is 10.1 Å². The second-order valence-electron chi connectivity index (χ2n) is 5.40.